The van der Waals surface area contributed by atoms with E-state index in [9.17, 15) is 43.2 Å². The third-order valence-electron chi connectivity index (χ3n) is 13.8. The number of rotatable bonds is 18. The molecule has 0 spiro atoms. The van der Waals surface area contributed by atoms with E-state index in [0.717, 1.165) is 12.0 Å². The maximum absolute atomic E-state index is 13.7. The van der Waals surface area contributed by atoms with Gasteiger partial charge in [-0.3, -0.25) is 38.4 Å². The first kappa shape index (κ1) is 54.2. The van der Waals surface area contributed by atoms with Crippen LogP contribution in [0.15, 0.2) is 30.3 Å². The topological polar surface area (TPSA) is 268 Å². The molecule has 69 heavy (non-hydrogen) atoms. The van der Waals surface area contributed by atoms with Crippen LogP contribution in [-0.2, 0) is 54.4 Å². The van der Waals surface area contributed by atoms with Crippen LogP contribution in [0.2, 0.25) is 0 Å². The Labute approximate surface area is 406 Å². The van der Waals surface area contributed by atoms with Crippen LogP contribution in [0.4, 0.5) is 4.79 Å². The number of hydrogen-bond acceptors (Lipinski definition) is 11. The molecule has 0 unspecified atom stereocenters. The molecule has 0 aromatic heterocycles. The van der Waals surface area contributed by atoms with Crippen LogP contribution >= 0.6 is 0 Å². The van der Waals surface area contributed by atoms with Crippen molar-refractivity contribution in [3.8, 4) is 0 Å². The molecule has 8 N–H and O–H groups in total. The highest BCUT2D eigenvalue weighted by molar-refractivity contribution is 5.95. The van der Waals surface area contributed by atoms with Crippen molar-refractivity contribution in [1.29, 1.82) is 0 Å². The van der Waals surface area contributed by atoms with Gasteiger partial charge in [0.05, 0.1) is 23.7 Å². The predicted octanol–water partition coefficient (Wildman–Crippen LogP) is 3.08. The fourth-order valence-corrected chi connectivity index (χ4v) is 9.75. The maximum atomic E-state index is 13.7. The minimum absolute atomic E-state index is 0.140. The van der Waals surface area contributed by atoms with Crippen LogP contribution in [0.1, 0.15) is 145 Å². The lowest BCUT2D eigenvalue weighted by atomic mass is 9.96. The molecule has 4 fully saturated rings. The van der Waals surface area contributed by atoms with E-state index < -0.39 is 124 Å². The summed E-state index contributed by atoms with van der Waals surface area (Å²) in [6, 6.07) is 5.44. The molecule has 1 aromatic carbocycles. The first-order chi connectivity index (χ1) is 32.3. The second-order valence-electron chi connectivity index (χ2n) is 21.5. The van der Waals surface area contributed by atoms with E-state index in [1.54, 1.807) is 55.4 Å². The molecule has 5 rings (SSSR count). The van der Waals surface area contributed by atoms with Crippen molar-refractivity contribution in [3.63, 3.8) is 0 Å². The van der Waals surface area contributed by atoms with Gasteiger partial charge >= 0.3 is 12.1 Å². The van der Waals surface area contributed by atoms with E-state index in [1.807, 2.05) is 30.3 Å². The molecule has 0 aliphatic heterocycles. The van der Waals surface area contributed by atoms with Crippen molar-refractivity contribution >= 4 is 53.4 Å². The van der Waals surface area contributed by atoms with Crippen molar-refractivity contribution < 1.29 is 52.6 Å². The summed E-state index contributed by atoms with van der Waals surface area (Å²) >= 11 is 0. The van der Waals surface area contributed by atoms with Crippen LogP contribution in [0, 0.1) is 23.7 Å². The third-order valence-corrected chi connectivity index (χ3v) is 13.8. The van der Waals surface area contributed by atoms with Crippen LogP contribution < -0.4 is 42.5 Å². The molecule has 0 radical (unpaired) electrons. The lowest BCUT2D eigenvalue weighted by Gasteiger charge is -2.31. The van der Waals surface area contributed by atoms with Crippen LogP contribution in [-0.4, -0.2) is 106 Å². The third kappa shape index (κ3) is 15.1. The lowest BCUT2D eigenvalue weighted by molar-refractivity contribution is -0.151. The second kappa shape index (κ2) is 23.2. The maximum Gasteiger partial charge on any atom is 0.408 e. The Hall–Kier alpha value is -5.75. The van der Waals surface area contributed by atoms with Gasteiger partial charge in [0.15, 0.2) is 0 Å². The number of nitrogens with one attached hydrogen (secondary N) is 8. The number of alkyl carbamates (subject to hydrolysis) is 1. The first-order valence-electron chi connectivity index (χ1n) is 24.7. The zero-order chi connectivity index (χ0) is 50.8. The normalized spacial score (nSPS) is 25.5. The molecule has 1 aromatic rings. The van der Waals surface area contributed by atoms with Gasteiger partial charge in [0.2, 0.25) is 41.4 Å². The Balaban J connectivity index is 1.06. The van der Waals surface area contributed by atoms with E-state index in [0.29, 0.717) is 70.6 Å². The summed E-state index contributed by atoms with van der Waals surface area (Å²) in [5, 5.41) is 22.7. The number of amides is 8. The summed E-state index contributed by atoms with van der Waals surface area (Å²) in [4.78, 5) is 120. The first-order valence-corrected chi connectivity index (χ1v) is 24.7. The van der Waals surface area contributed by atoms with E-state index >= 15 is 0 Å². The average Bonchev–Trinajstić information content (AvgIpc) is 4.11. The van der Waals surface area contributed by atoms with Gasteiger partial charge in [-0.05, 0) is 119 Å². The standard InChI is InChI=1S/C50H76N8O11/c1-28(39(59)53-35-23-14-20-32(35)42(62)58-50(8,9)46(66)56-38-26-16-22-34(38)44(64)68-27-30-17-11-10-12-18-30)51-41(61)31-19-13-25-37(31)55-45(65)49(6,7)57-43(63)33-21-15-24-36(33)54-40(60)29(2)52-47(67)69-48(3,4)5/h10-12,17-18,28-29,31-38H,13-16,19-27H2,1-9H3,(H,51,61)(H,52,67)(H,53,59)(H,54,60)(H,55,65)(H,56,66)(H,57,63)(H,58,62)/t28-,29-,31-,32-,33-,34-,35-,36-,37-,38-/m0/s1. The highest BCUT2D eigenvalue weighted by Crippen LogP contribution is 2.31. The zero-order valence-electron chi connectivity index (χ0n) is 41.8. The molecule has 0 saturated heterocycles. The van der Waals surface area contributed by atoms with E-state index in [-0.39, 0.29) is 12.6 Å². The van der Waals surface area contributed by atoms with Crippen molar-refractivity contribution in [2.24, 2.45) is 23.7 Å². The number of carbonyl (C=O) groups excluding carboxylic acids is 9. The van der Waals surface area contributed by atoms with Gasteiger partial charge in [0.25, 0.3) is 0 Å². The monoisotopic (exact) mass is 965 g/mol. The summed E-state index contributed by atoms with van der Waals surface area (Å²) in [6.45, 7) is 14.7. The SMILES string of the molecule is C[C@H](NC(=O)OC(C)(C)C)C(=O)N[C@H]1CCC[C@@H]1C(=O)NC(C)(C)C(=O)N[C@H]1CCC[C@@H]1C(=O)N[C@@H](C)C(=O)N[C@H]1CCC[C@@H]1C(=O)NC(C)(C)C(=O)N[C@H]1CCC[C@@H]1C(=O)OCc1ccccc1. The van der Waals surface area contributed by atoms with Crippen LogP contribution in [0.3, 0.4) is 0 Å². The highest BCUT2D eigenvalue weighted by atomic mass is 16.6. The molecular formula is C50H76N8O11. The zero-order valence-corrected chi connectivity index (χ0v) is 41.8. The molecule has 382 valence electrons. The second-order valence-corrected chi connectivity index (χ2v) is 21.5. The number of ether oxygens (including phenoxy) is 2. The molecule has 19 nitrogen and oxygen atoms in total. The highest BCUT2D eigenvalue weighted by Gasteiger charge is 2.44. The molecule has 10 atom stereocenters. The summed E-state index contributed by atoms with van der Waals surface area (Å²) in [5.41, 5.74) is -2.58. The van der Waals surface area contributed by atoms with Crippen molar-refractivity contribution in [2.45, 2.75) is 199 Å². The molecular weight excluding hydrogens is 889 g/mol. The van der Waals surface area contributed by atoms with Gasteiger partial charge in [0, 0.05) is 24.2 Å². The van der Waals surface area contributed by atoms with E-state index in [2.05, 4.69) is 42.5 Å². The van der Waals surface area contributed by atoms with Gasteiger partial charge in [-0.25, -0.2) is 4.79 Å². The van der Waals surface area contributed by atoms with Gasteiger partial charge in [-0.1, -0.05) is 56.0 Å². The van der Waals surface area contributed by atoms with Gasteiger partial charge < -0.3 is 52.0 Å². The summed E-state index contributed by atoms with van der Waals surface area (Å²) in [6.07, 6.45) is 6.20. The Morgan fingerprint density at radius 1 is 0.522 bits per heavy atom. The van der Waals surface area contributed by atoms with Crippen molar-refractivity contribution in [3.05, 3.63) is 35.9 Å². The van der Waals surface area contributed by atoms with Crippen LogP contribution in [0.5, 0.6) is 0 Å². The summed E-state index contributed by atoms with van der Waals surface area (Å²) in [7, 11) is 0. The van der Waals surface area contributed by atoms with Crippen molar-refractivity contribution in [1.82, 2.24) is 42.5 Å². The Morgan fingerprint density at radius 3 is 1.36 bits per heavy atom. The molecule has 0 bridgehead atoms. The number of hydrogen-bond donors (Lipinski definition) is 8. The van der Waals surface area contributed by atoms with E-state index in [1.165, 1.54) is 6.92 Å². The Bertz CT molecular complexity index is 2060. The van der Waals surface area contributed by atoms with Crippen molar-refractivity contribution in [2.75, 3.05) is 0 Å². The fraction of sp³-hybridized carbons (Fsp3) is 0.700. The fourth-order valence-electron chi connectivity index (χ4n) is 9.75. The molecule has 4 aliphatic rings. The van der Waals surface area contributed by atoms with Gasteiger partial charge in [-0.2, -0.15) is 0 Å². The largest absolute Gasteiger partial charge is 0.461 e. The molecule has 8 amide bonds. The number of esters is 1. The number of benzene rings is 1. The summed E-state index contributed by atoms with van der Waals surface area (Å²) in [5.74, 6) is -5.83. The van der Waals surface area contributed by atoms with Gasteiger partial charge in [0.1, 0.15) is 35.4 Å². The van der Waals surface area contributed by atoms with E-state index in [4.69, 9.17) is 9.47 Å². The Kier molecular flexibility index (Phi) is 18.3. The number of carbonyl (C=O) groups is 9. The Morgan fingerprint density at radius 2 is 0.913 bits per heavy atom. The van der Waals surface area contributed by atoms with Gasteiger partial charge in [-0.15, -0.1) is 0 Å². The minimum Gasteiger partial charge on any atom is -0.461 e. The predicted molar refractivity (Wildman–Crippen MR) is 254 cm³/mol. The molecule has 4 aliphatic carbocycles. The lowest BCUT2D eigenvalue weighted by Crippen LogP contribution is -2.60. The molecule has 0 heterocycles. The van der Waals surface area contributed by atoms with Crippen LogP contribution in [0.25, 0.3) is 0 Å². The molecule has 4 saturated carbocycles. The average molecular weight is 965 g/mol. The smallest absolute Gasteiger partial charge is 0.408 e. The molecule has 19 heteroatoms. The summed E-state index contributed by atoms with van der Waals surface area (Å²) < 4.78 is 10.8. The quantitative estimate of drug-likeness (QED) is 0.0992. The minimum atomic E-state index is -1.38.